The summed E-state index contributed by atoms with van der Waals surface area (Å²) in [5.74, 6) is 1.58. The van der Waals surface area contributed by atoms with Gasteiger partial charge in [0.05, 0.1) is 5.75 Å². The van der Waals surface area contributed by atoms with Crippen molar-refractivity contribution in [1.82, 2.24) is 9.62 Å². The van der Waals surface area contributed by atoms with Crippen molar-refractivity contribution in [3.05, 3.63) is 69.2 Å². The van der Waals surface area contributed by atoms with Gasteiger partial charge in [0.2, 0.25) is 15.9 Å². The predicted molar refractivity (Wildman–Crippen MR) is 132 cm³/mol. The van der Waals surface area contributed by atoms with E-state index in [1.54, 1.807) is 11.8 Å². The molecule has 31 heavy (non-hydrogen) atoms. The van der Waals surface area contributed by atoms with Crippen LogP contribution in [-0.2, 0) is 26.3 Å². The number of carbonyl (C=O) groups is 1. The molecule has 1 N–H and O–H groups in total. The van der Waals surface area contributed by atoms with Crippen LogP contribution in [0.15, 0.2) is 53.0 Å². The van der Waals surface area contributed by atoms with Gasteiger partial charge in [-0.3, -0.25) is 4.79 Å². The lowest BCUT2D eigenvalue weighted by Gasteiger charge is -2.30. The highest BCUT2D eigenvalue weighted by molar-refractivity contribution is 9.10. The summed E-state index contributed by atoms with van der Waals surface area (Å²) in [6.45, 7) is 1.39. The number of thioether (sulfide) groups is 1. The number of carbonyl (C=O) groups excluding carboxylic acids is 1. The van der Waals surface area contributed by atoms with Crippen LogP contribution < -0.4 is 5.32 Å². The number of nitrogens with one attached hydrogen (secondary N) is 1. The van der Waals surface area contributed by atoms with E-state index >= 15 is 0 Å². The normalized spacial score (nSPS) is 15.7. The second kappa shape index (κ2) is 11.7. The van der Waals surface area contributed by atoms with E-state index in [1.807, 2.05) is 48.5 Å². The average molecular weight is 546 g/mol. The summed E-state index contributed by atoms with van der Waals surface area (Å²) < 4.78 is 27.8. The molecule has 0 unspecified atom stereocenters. The molecule has 0 atom stereocenters. The van der Waals surface area contributed by atoms with E-state index < -0.39 is 10.0 Å². The van der Waals surface area contributed by atoms with Crippen LogP contribution in [0.4, 0.5) is 0 Å². The molecular weight excluding hydrogens is 520 g/mol. The van der Waals surface area contributed by atoms with Crippen molar-refractivity contribution < 1.29 is 13.2 Å². The lowest BCUT2D eigenvalue weighted by molar-refractivity contribution is -0.125. The highest BCUT2D eigenvalue weighted by atomic mass is 79.9. The third-order valence-corrected chi connectivity index (χ3v) is 8.81. The van der Waals surface area contributed by atoms with Crippen molar-refractivity contribution in [2.24, 2.45) is 5.92 Å². The minimum atomic E-state index is -3.39. The van der Waals surface area contributed by atoms with E-state index in [1.165, 1.54) is 9.87 Å². The molecule has 3 rings (SSSR count). The van der Waals surface area contributed by atoms with Gasteiger partial charge in [-0.25, -0.2) is 12.7 Å². The molecule has 1 aliphatic heterocycles. The fraction of sp³-hybridized carbons (Fsp3) is 0.409. The first kappa shape index (κ1) is 24.6. The van der Waals surface area contributed by atoms with Crippen molar-refractivity contribution in [2.45, 2.75) is 24.3 Å². The zero-order valence-corrected chi connectivity index (χ0v) is 21.1. The van der Waals surface area contributed by atoms with Crippen molar-refractivity contribution in [1.29, 1.82) is 0 Å². The molecule has 0 aromatic heterocycles. The van der Waals surface area contributed by atoms with Gasteiger partial charge < -0.3 is 5.32 Å². The van der Waals surface area contributed by atoms with E-state index in [0.717, 1.165) is 26.6 Å². The molecule has 1 aliphatic rings. The van der Waals surface area contributed by atoms with E-state index in [-0.39, 0.29) is 17.6 Å². The molecular formula is C22H26BrClN2O3S2. The summed E-state index contributed by atoms with van der Waals surface area (Å²) in [5, 5.41) is 3.72. The third-order valence-electron chi connectivity index (χ3n) is 5.18. The van der Waals surface area contributed by atoms with Crippen LogP contribution in [0.1, 0.15) is 24.0 Å². The molecule has 0 radical (unpaired) electrons. The molecule has 0 aliphatic carbocycles. The zero-order chi connectivity index (χ0) is 22.3. The Labute approximate surface area is 202 Å². The number of piperidine rings is 1. The fourth-order valence-corrected chi connectivity index (χ4v) is 6.43. The fourth-order valence-electron chi connectivity index (χ4n) is 3.49. The smallest absolute Gasteiger partial charge is 0.223 e. The first-order valence-electron chi connectivity index (χ1n) is 10.2. The van der Waals surface area contributed by atoms with Crippen molar-refractivity contribution >= 4 is 55.2 Å². The number of nitrogens with zero attached hydrogens (tertiary/aromatic N) is 1. The molecule has 1 fully saturated rings. The first-order valence-corrected chi connectivity index (χ1v) is 14.1. The Morgan fingerprint density at radius 3 is 2.52 bits per heavy atom. The van der Waals surface area contributed by atoms with Crippen molar-refractivity contribution in [3.8, 4) is 0 Å². The standard InChI is InChI=1S/C22H26BrClN2O3S2/c23-20-3-1-2-18(14-20)16-31(28,29)26-11-8-19(9-12-26)22(27)25-10-13-30-15-17-4-6-21(24)7-5-17/h1-7,14,19H,8-13,15-16H2,(H,25,27). The van der Waals surface area contributed by atoms with E-state index in [4.69, 9.17) is 11.6 Å². The number of benzene rings is 2. The van der Waals surface area contributed by atoms with Gasteiger partial charge >= 0.3 is 0 Å². The monoisotopic (exact) mass is 544 g/mol. The average Bonchev–Trinajstić information content (AvgIpc) is 2.74. The van der Waals surface area contributed by atoms with Crippen LogP contribution in [0, 0.1) is 5.92 Å². The van der Waals surface area contributed by atoms with Crippen LogP contribution in [0.2, 0.25) is 5.02 Å². The predicted octanol–water partition coefficient (Wildman–Crippen LogP) is 4.69. The Hall–Kier alpha value is -1.06. The number of rotatable bonds is 9. The maximum absolute atomic E-state index is 12.7. The molecule has 1 heterocycles. The number of sulfonamides is 1. The van der Waals surface area contributed by atoms with Gasteiger partial charge in [0.15, 0.2) is 0 Å². The Bertz CT molecular complexity index is 979. The molecule has 0 spiro atoms. The second-order valence-electron chi connectivity index (χ2n) is 7.53. The van der Waals surface area contributed by atoms with Crippen LogP contribution in [0.5, 0.6) is 0 Å². The van der Waals surface area contributed by atoms with E-state index in [0.29, 0.717) is 32.5 Å². The number of halogens is 2. The molecule has 5 nitrogen and oxygen atoms in total. The minimum absolute atomic E-state index is 0.0197. The Balaban J connectivity index is 1.36. The number of amides is 1. The molecule has 0 bridgehead atoms. The highest BCUT2D eigenvalue weighted by Gasteiger charge is 2.31. The first-order chi connectivity index (χ1) is 14.8. The van der Waals surface area contributed by atoms with E-state index in [9.17, 15) is 13.2 Å². The summed E-state index contributed by atoms with van der Waals surface area (Å²) in [6, 6.07) is 15.1. The summed E-state index contributed by atoms with van der Waals surface area (Å²) in [7, 11) is -3.39. The molecule has 1 saturated heterocycles. The maximum Gasteiger partial charge on any atom is 0.223 e. The third kappa shape index (κ3) is 7.79. The molecule has 2 aromatic rings. The summed E-state index contributed by atoms with van der Waals surface area (Å²) >= 11 is 11.0. The van der Waals surface area contributed by atoms with Gasteiger partial charge in [-0.05, 0) is 48.2 Å². The Morgan fingerprint density at radius 2 is 1.84 bits per heavy atom. The second-order valence-corrected chi connectivity index (χ2v) is 12.0. The zero-order valence-electron chi connectivity index (χ0n) is 17.1. The lowest BCUT2D eigenvalue weighted by atomic mass is 9.97. The molecule has 1 amide bonds. The van der Waals surface area contributed by atoms with Gasteiger partial charge in [0.25, 0.3) is 0 Å². The lowest BCUT2D eigenvalue weighted by Crippen LogP contribution is -2.43. The summed E-state index contributed by atoms with van der Waals surface area (Å²) in [4.78, 5) is 12.4. The van der Waals surface area contributed by atoms with Crippen molar-refractivity contribution in [2.75, 3.05) is 25.4 Å². The Kier molecular flexibility index (Phi) is 9.28. The van der Waals surface area contributed by atoms with Crippen molar-refractivity contribution in [3.63, 3.8) is 0 Å². The molecule has 0 saturated carbocycles. The van der Waals surface area contributed by atoms with Crippen LogP contribution in [-0.4, -0.2) is 44.0 Å². The minimum Gasteiger partial charge on any atom is -0.355 e. The molecule has 168 valence electrons. The van der Waals surface area contributed by atoms with Gasteiger partial charge in [-0.15, -0.1) is 0 Å². The summed E-state index contributed by atoms with van der Waals surface area (Å²) in [5.41, 5.74) is 1.96. The largest absolute Gasteiger partial charge is 0.355 e. The molecule has 2 aromatic carbocycles. The number of hydrogen-bond acceptors (Lipinski definition) is 4. The van der Waals surface area contributed by atoms with Crippen LogP contribution in [0.25, 0.3) is 0 Å². The molecule has 9 heteroatoms. The Morgan fingerprint density at radius 1 is 1.13 bits per heavy atom. The van der Waals surface area contributed by atoms with Crippen LogP contribution >= 0.6 is 39.3 Å². The van der Waals surface area contributed by atoms with Gasteiger partial charge in [0.1, 0.15) is 0 Å². The highest BCUT2D eigenvalue weighted by Crippen LogP contribution is 2.23. The van der Waals surface area contributed by atoms with Gasteiger partial charge in [-0.2, -0.15) is 11.8 Å². The van der Waals surface area contributed by atoms with E-state index in [2.05, 4.69) is 21.2 Å². The quantitative estimate of drug-likeness (QED) is 0.464. The van der Waals surface area contributed by atoms with Crippen LogP contribution in [0.3, 0.4) is 0 Å². The SMILES string of the molecule is O=C(NCCSCc1ccc(Cl)cc1)C1CCN(S(=O)(=O)Cc2cccc(Br)c2)CC1. The van der Waals surface area contributed by atoms with Gasteiger partial charge in [-0.1, -0.05) is 51.8 Å². The number of hydrogen-bond donors (Lipinski definition) is 1. The van der Waals surface area contributed by atoms with Gasteiger partial charge in [0, 0.05) is 46.6 Å². The summed E-state index contributed by atoms with van der Waals surface area (Å²) in [6.07, 6.45) is 1.11. The maximum atomic E-state index is 12.7. The topological polar surface area (TPSA) is 66.5 Å².